The molecule has 0 saturated carbocycles. The van der Waals surface area contributed by atoms with Crippen molar-refractivity contribution in [1.29, 1.82) is 5.26 Å². The Labute approximate surface area is 102 Å². The van der Waals surface area contributed by atoms with E-state index >= 15 is 0 Å². The summed E-state index contributed by atoms with van der Waals surface area (Å²) in [7, 11) is 0. The Kier molecular flexibility index (Phi) is 8.35. The van der Waals surface area contributed by atoms with Gasteiger partial charge in [-0.15, -0.1) is 0 Å². The maximum atomic E-state index is 10.4. The molecule has 17 heavy (non-hydrogen) atoms. The molecule has 1 aromatic carbocycles. The molecule has 1 atom stereocenters. The van der Waals surface area contributed by atoms with E-state index in [1.54, 1.807) is 0 Å². The zero-order valence-corrected chi connectivity index (χ0v) is 10.1. The molecule has 0 fully saturated rings. The molecule has 0 heterocycles. The zero-order valence-electron chi connectivity index (χ0n) is 10.1. The highest BCUT2D eigenvalue weighted by molar-refractivity contribution is 5.76. The summed E-state index contributed by atoms with van der Waals surface area (Å²) < 4.78 is 0. The van der Waals surface area contributed by atoms with Crippen molar-refractivity contribution in [2.24, 2.45) is 11.5 Å². The van der Waals surface area contributed by atoms with Crippen LogP contribution >= 0.6 is 0 Å². The summed E-state index contributed by atoms with van der Waals surface area (Å²) in [4.78, 5) is 10.4. The van der Waals surface area contributed by atoms with Gasteiger partial charge in [0.1, 0.15) is 0 Å². The van der Waals surface area contributed by atoms with Crippen LogP contribution in [-0.4, -0.2) is 11.9 Å². The Balaban J connectivity index is 0.000000325. The van der Waals surface area contributed by atoms with E-state index in [4.69, 9.17) is 16.7 Å². The molecule has 0 aromatic heterocycles. The second kappa shape index (κ2) is 9.37. The van der Waals surface area contributed by atoms with E-state index in [9.17, 15) is 4.79 Å². The first-order valence-electron chi connectivity index (χ1n) is 5.54. The second-order valence-corrected chi connectivity index (χ2v) is 3.66. The average molecular weight is 233 g/mol. The highest BCUT2D eigenvalue weighted by Crippen LogP contribution is 1.97. The predicted octanol–water partition coefficient (Wildman–Crippen LogP) is 1.35. The lowest BCUT2D eigenvalue weighted by molar-refractivity contribution is -0.117. The first-order valence-corrected chi connectivity index (χ1v) is 5.54. The van der Waals surface area contributed by atoms with Crippen molar-refractivity contribution in [2.75, 3.05) is 0 Å². The molecule has 0 saturated heterocycles. The van der Waals surface area contributed by atoms with Gasteiger partial charge in [-0.05, 0) is 12.0 Å². The number of nitrogens with two attached hydrogens (primary N) is 2. The predicted molar refractivity (Wildman–Crippen MR) is 67.8 cm³/mol. The number of primary amides is 1. The third-order valence-corrected chi connectivity index (χ3v) is 2.10. The number of hydrogen-bond acceptors (Lipinski definition) is 3. The summed E-state index contributed by atoms with van der Waals surface area (Å²) in [5.74, 6) is -0.286. The van der Waals surface area contributed by atoms with Gasteiger partial charge in [0.25, 0.3) is 0 Å². The number of benzene rings is 1. The molecule has 1 amide bonds. The Morgan fingerprint density at radius 3 is 2.35 bits per heavy atom. The summed E-state index contributed by atoms with van der Waals surface area (Å²) in [5, 5.41) is 8.04. The number of rotatable bonds is 4. The van der Waals surface area contributed by atoms with E-state index in [1.165, 1.54) is 0 Å². The average Bonchev–Trinajstić information content (AvgIpc) is 2.30. The molecule has 0 aliphatic rings. The largest absolute Gasteiger partial charge is 0.369 e. The van der Waals surface area contributed by atoms with Crippen LogP contribution in [0, 0.1) is 11.3 Å². The van der Waals surface area contributed by atoms with Gasteiger partial charge < -0.3 is 11.5 Å². The Bertz CT molecular complexity index is 357. The van der Waals surface area contributed by atoms with Gasteiger partial charge in [-0.3, -0.25) is 4.79 Å². The highest BCUT2D eigenvalue weighted by atomic mass is 16.1. The van der Waals surface area contributed by atoms with Gasteiger partial charge >= 0.3 is 0 Å². The lowest BCUT2D eigenvalue weighted by atomic mass is 10.1. The fourth-order valence-electron chi connectivity index (χ4n) is 1.06. The third-order valence-electron chi connectivity index (χ3n) is 2.10. The Hall–Kier alpha value is -1.86. The van der Waals surface area contributed by atoms with Gasteiger partial charge in [0.05, 0.1) is 18.9 Å². The van der Waals surface area contributed by atoms with Gasteiger partial charge in [-0.25, -0.2) is 0 Å². The molecule has 1 unspecified atom stereocenters. The Morgan fingerprint density at radius 2 is 2.00 bits per heavy atom. The molecule has 1 rings (SSSR count). The van der Waals surface area contributed by atoms with Crippen LogP contribution in [0.3, 0.4) is 0 Å². The minimum absolute atomic E-state index is 0.0880. The molecule has 0 spiro atoms. The summed E-state index contributed by atoms with van der Waals surface area (Å²) in [6, 6.07) is 11.5. The molecule has 0 radical (unpaired) electrons. The van der Waals surface area contributed by atoms with Crippen LogP contribution in [0.2, 0.25) is 0 Å². The van der Waals surface area contributed by atoms with Crippen molar-refractivity contribution in [3.8, 4) is 6.07 Å². The minimum atomic E-state index is -0.286. The summed E-state index contributed by atoms with van der Waals surface area (Å²) in [5.41, 5.74) is 11.3. The van der Waals surface area contributed by atoms with Gasteiger partial charge in [0, 0.05) is 6.04 Å². The first-order chi connectivity index (χ1) is 8.10. The monoisotopic (exact) mass is 233 g/mol. The molecule has 92 valence electrons. The van der Waals surface area contributed by atoms with E-state index in [0.717, 1.165) is 12.0 Å². The van der Waals surface area contributed by atoms with Crippen LogP contribution in [0.5, 0.6) is 0 Å². The molecule has 4 heteroatoms. The molecular formula is C13H19N3O. The van der Waals surface area contributed by atoms with Crippen molar-refractivity contribution in [2.45, 2.75) is 32.2 Å². The standard InChI is InChI=1S/C8H9NO.C5H10N2/c9-8(10)6-7-4-2-1-3-5-7;1-2-5(7)3-4-6/h1-5H,6H2,(H2,9,10);5H,2-3,7H2,1H3. The normalized spacial score (nSPS) is 10.6. The highest BCUT2D eigenvalue weighted by Gasteiger charge is 1.94. The van der Waals surface area contributed by atoms with Gasteiger partial charge in [-0.1, -0.05) is 37.3 Å². The van der Waals surface area contributed by atoms with Crippen LogP contribution < -0.4 is 11.5 Å². The minimum Gasteiger partial charge on any atom is -0.369 e. The maximum absolute atomic E-state index is 10.4. The molecule has 1 aromatic rings. The quantitative estimate of drug-likeness (QED) is 0.822. The van der Waals surface area contributed by atoms with E-state index < -0.39 is 0 Å². The second-order valence-electron chi connectivity index (χ2n) is 3.66. The van der Waals surface area contributed by atoms with Gasteiger partial charge in [0.2, 0.25) is 5.91 Å². The third kappa shape index (κ3) is 9.09. The number of carbonyl (C=O) groups is 1. The van der Waals surface area contributed by atoms with E-state index in [0.29, 0.717) is 12.8 Å². The van der Waals surface area contributed by atoms with Crippen molar-refractivity contribution in [1.82, 2.24) is 0 Å². The molecule has 4 N–H and O–H groups in total. The molecule has 0 aliphatic heterocycles. The van der Waals surface area contributed by atoms with Crippen LogP contribution in [0.1, 0.15) is 25.3 Å². The summed E-state index contributed by atoms with van der Waals surface area (Å²) in [6.45, 7) is 1.97. The lowest BCUT2D eigenvalue weighted by Crippen LogP contribution is -2.16. The van der Waals surface area contributed by atoms with Crippen LogP contribution in [0.4, 0.5) is 0 Å². The number of nitriles is 1. The van der Waals surface area contributed by atoms with Gasteiger partial charge in [0.15, 0.2) is 0 Å². The van der Waals surface area contributed by atoms with E-state index in [1.807, 2.05) is 43.3 Å². The van der Waals surface area contributed by atoms with Crippen LogP contribution in [0.25, 0.3) is 0 Å². The number of hydrogen-bond donors (Lipinski definition) is 2. The van der Waals surface area contributed by atoms with E-state index in [-0.39, 0.29) is 11.9 Å². The van der Waals surface area contributed by atoms with Crippen molar-refractivity contribution >= 4 is 5.91 Å². The number of carbonyl (C=O) groups excluding carboxylic acids is 1. The molecular weight excluding hydrogens is 214 g/mol. The fraction of sp³-hybridized carbons (Fsp3) is 0.385. The fourth-order valence-corrected chi connectivity index (χ4v) is 1.06. The Morgan fingerprint density at radius 1 is 1.41 bits per heavy atom. The topological polar surface area (TPSA) is 92.9 Å². The molecule has 0 bridgehead atoms. The van der Waals surface area contributed by atoms with Crippen molar-refractivity contribution < 1.29 is 4.79 Å². The van der Waals surface area contributed by atoms with E-state index in [2.05, 4.69) is 0 Å². The van der Waals surface area contributed by atoms with Gasteiger partial charge in [-0.2, -0.15) is 5.26 Å². The van der Waals surface area contributed by atoms with Crippen LogP contribution in [-0.2, 0) is 11.2 Å². The zero-order chi connectivity index (χ0) is 13.1. The SMILES string of the molecule is CCC(N)CC#N.NC(=O)Cc1ccccc1. The maximum Gasteiger partial charge on any atom is 0.221 e. The lowest BCUT2D eigenvalue weighted by Gasteiger charge is -1.97. The summed E-state index contributed by atoms with van der Waals surface area (Å²) in [6.07, 6.45) is 1.71. The summed E-state index contributed by atoms with van der Waals surface area (Å²) >= 11 is 0. The van der Waals surface area contributed by atoms with Crippen molar-refractivity contribution in [3.05, 3.63) is 35.9 Å². The molecule has 4 nitrogen and oxygen atoms in total. The smallest absolute Gasteiger partial charge is 0.221 e. The number of amides is 1. The van der Waals surface area contributed by atoms with Crippen LogP contribution in [0.15, 0.2) is 30.3 Å². The first kappa shape index (κ1) is 15.1. The number of nitrogens with zero attached hydrogens (tertiary/aromatic N) is 1. The van der Waals surface area contributed by atoms with Crippen molar-refractivity contribution in [3.63, 3.8) is 0 Å². The molecule has 0 aliphatic carbocycles.